The zero-order valence-corrected chi connectivity index (χ0v) is 25.1. The van der Waals surface area contributed by atoms with Crippen LogP contribution in [0, 0.1) is 0 Å². The van der Waals surface area contributed by atoms with Crippen LogP contribution in [0.3, 0.4) is 0 Å². The molecular weight excluding hydrogens is 548 g/mol. The highest BCUT2D eigenvalue weighted by Gasteiger charge is 2.33. The number of nitrogens with zero attached hydrogens (tertiary/aromatic N) is 1. The van der Waals surface area contributed by atoms with Crippen LogP contribution in [-0.4, -0.2) is 35.6 Å². The van der Waals surface area contributed by atoms with Crippen LogP contribution in [-0.2, 0) is 16.1 Å². The van der Waals surface area contributed by atoms with Crippen LogP contribution in [0.4, 0.5) is 5.69 Å². The van der Waals surface area contributed by atoms with Crippen molar-refractivity contribution >= 4 is 22.4 Å². The molecule has 0 aliphatic carbocycles. The number of fused-ring (bicyclic) bond motifs is 1. The third-order valence-corrected chi connectivity index (χ3v) is 8.48. The van der Waals surface area contributed by atoms with Crippen LogP contribution in [0.2, 0.25) is 0 Å². The summed E-state index contributed by atoms with van der Waals surface area (Å²) in [6, 6.07) is 40.0. The van der Waals surface area contributed by atoms with Crippen molar-refractivity contribution in [1.82, 2.24) is 4.90 Å². The van der Waals surface area contributed by atoms with Crippen molar-refractivity contribution in [2.75, 3.05) is 18.9 Å². The number of ether oxygens (including phenoxy) is 2. The number of amides is 1. The number of carbonyl (C=O) groups excluding carboxylic acids is 1. The SMILES string of the molecule is C[C@H](c1ccc2ccccc2c1)N(C)C[C@H]1C[C@@H](c2ccc(CO)cc2)O[C@@H](c2cccc(NC(=O)c3ccccc3)c2)O1. The normalized spacial score (nSPS) is 19.1. The summed E-state index contributed by atoms with van der Waals surface area (Å²) in [5, 5.41) is 15.0. The van der Waals surface area contributed by atoms with Gasteiger partial charge in [-0.3, -0.25) is 9.69 Å². The second-order valence-electron chi connectivity index (χ2n) is 11.5. The van der Waals surface area contributed by atoms with Crippen LogP contribution >= 0.6 is 0 Å². The molecule has 1 heterocycles. The Morgan fingerprint density at radius 1 is 0.841 bits per heavy atom. The number of carbonyl (C=O) groups is 1. The topological polar surface area (TPSA) is 71.0 Å². The summed E-state index contributed by atoms with van der Waals surface area (Å²) in [4.78, 5) is 15.2. The smallest absolute Gasteiger partial charge is 0.255 e. The average Bonchev–Trinajstić information content (AvgIpc) is 3.08. The van der Waals surface area contributed by atoms with Gasteiger partial charge >= 0.3 is 0 Å². The number of hydrogen-bond donors (Lipinski definition) is 2. The molecule has 6 heteroatoms. The number of likely N-dealkylation sites (N-methyl/N-ethyl adjacent to an activating group) is 1. The van der Waals surface area contributed by atoms with Gasteiger partial charge in [-0.25, -0.2) is 0 Å². The predicted octanol–water partition coefficient (Wildman–Crippen LogP) is 7.82. The fraction of sp³-hybridized carbons (Fsp3) is 0.237. The van der Waals surface area contributed by atoms with Crippen molar-refractivity contribution in [3.8, 4) is 0 Å². The molecule has 1 aliphatic heterocycles. The lowest BCUT2D eigenvalue weighted by molar-refractivity contribution is -0.253. The molecule has 5 aromatic carbocycles. The number of benzene rings is 5. The summed E-state index contributed by atoms with van der Waals surface area (Å²) < 4.78 is 13.2. The molecule has 0 unspecified atom stereocenters. The quantitative estimate of drug-likeness (QED) is 0.184. The maximum atomic E-state index is 12.8. The molecule has 1 fully saturated rings. The molecule has 6 rings (SSSR count). The van der Waals surface area contributed by atoms with Gasteiger partial charge in [-0.15, -0.1) is 0 Å². The summed E-state index contributed by atoms with van der Waals surface area (Å²) in [7, 11) is 2.14. The molecule has 224 valence electrons. The Balaban J connectivity index is 1.22. The first-order valence-corrected chi connectivity index (χ1v) is 15.1. The highest BCUT2D eigenvalue weighted by Crippen LogP contribution is 2.39. The van der Waals surface area contributed by atoms with Crippen molar-refractivity contribution in [3.05, 3.63) is 149 Å². The molecule has 44 heavy (non-hydrogen) atoms. The summed E-state index contributed by atoms with van der Waals surface area (Å²) >= 11 is 0. The summed E-state index contributed by atoms with van der Waals surface area (Å²) in [5.41, 5.74) is 5.27. The predicted molar refractivity (Wildman–Crippen MR) is 174 cm³/mol. The van der Waals surface area contributed by atoms with Gasteiger partial charge in [-0.2, -0.15) is 0 Å². The van der Waals surface area contributed by atoms with E-state index in [0.717, 1.165) is 16.7 Å². The fourth-order valence-electron chi connectivity index (χ4n) is 5.79. The van der Waals surface area contributed by atoms with E-state index in [2.05, 4.69) is 66.7 Å². The number of hydrogen-bond acceptors (Lipinski definition) is 5. The number of aliphatic hydroxyl groups is 1. The lowest BCUT2D eigenvalue weighted by atomic mass is 9.98. The zero-order valence-electron chi connectivity index (χ0n) is 25.1. The maximum absolute atomic E-state index is 12.8. The Bertz CT molecular complexity index is 1710. The van der Waals surface area contributed by atoms with E-state index in [4.69, 9.17) is 9.47 Å². The molecule has 2 N–H and O–H groups in total. The van der Waals surface area contributed by atoms with Crippen LogP contribution in [0.1, 0.15) is 64.4 Å². The Kier molecular flexibility index (Phi) is 9.15. The summed E-state index contributed by atoms with van der Waals surface area (Å²) in [5.74, 6) is -0.169. The van der Waals surface area contributed by atoms with E-state index in [9.17, 15) is 9.90 Å². The number of aliphatic hydroxyl groups excluding tert-OH is 1. The summed E-state index contributed by atoms with van der Waals surface area (Å²) in [6.45, 7) is 2.94. The molecule has 0 spiro atoms. The van der Waals surface area contributed by atoms with Crippen LogP contribution in [0.5, 0.6) is 0 Å². The van der Waals surface area contributed by atoms with Gasteiger partial charge in [-0.1, -0.05) is 91.0 Å². The minimum absolute atomic E-state index is 0.000879. The van der Waals surface area contributed by atoms with Crippen molar-refractivity contribution in [3.63, 3.8) is 0 Å². The standard InChI is InChI=1S/C38H38N2O4/c1-26(31-20-19-28-9-6-7-12-32(28)21-31)40(2)24-35-23-36(29-17-15-27(25-41)16-18-29)44-38(43-35)33-13-8-14-34(22-33)39-37(42)30-10-4-3-5-11-30/h3-22,26,35-36,38,41H,23-25H2,1-2H3,(H,39,42)/t26-,35-,36+,38+/m1/s1. The third kappa shape index (κ3) is 6.90. The lowest BCUT2D eigenvalue weighted by Gasteiger charge is -2.39. The van der Waals surface area contributed by atoms with Gasteiger partial charge in [0, 0.05) is 35.8 Å². The van der Waals surface area contributed by atoms with Crippen molar-refractivity contribution in [1.29, 1.82) is 0 Å². The van der Waals surface area contributed by atoms with Gasteiger partial charge in [0.2, 0.25) is 0 Å². The maximum Gasteiger partial charge on any atom is 0.255 e. The molecular formula is C38H38N2O4. The lowest BCUT2D eigenvalue weighted by Crippen LogP contribution is -2.38. The van der Waals surface area contributed by atoms with E-state index < -0.39 is 6.29 Å². The highest BCUT2D eigenvalue weighted by atomic mass is 16.7. The average molecular weight is 587 g/mol. The van der Waals surface area contributed by atoms with E-state index in [1.165, 1.54) is 16.3 Å². The Morgan fingerprint density at radius 3 is 2.36 bits per heavy atom. The van der Waals surface area contributed by atoms with Gasteiger partial charge in [0.1, 0.15) is 0 Å². The van der Waals surface area contributed by atoms with Crippen LogP contribution < -0.4 is 5.32 Å². The highest BCUT2D eigenvalue weighted by molar-refractivity contribution is 6.04. The van der Waals surface area contributed by atoms with Crippen LogP contribution in [0.25, 0.3) is 10.8 Å². The third-order valence-electron chi connectivity index (χ3n) is 8.48. The molecule has 0 bridgehead atoms. The molecule has 6 nitrogen and oxygen atoms in total. The molecule has 0 saturated carbocycles. The second kappa shape index (κ2) is 13.5. The molecule has 1 saturated heterocycles. The van der Waals surface area contributed by atoms with E-state index >= 15 is 0 Å². The van der Waals surface area contributed by atoms with E-state index in [-0.39, 0.29) is 30.8 Å². The molecule has 5 aromatic rings. The molecule has 0 aromatic heterocycles. The fourth-order valence-corrected chi connectivity index (χ4v) is 5.79. The molecule has 1 aliphatic rings. The molecule has 1 amide bonds. The Morgan fingerprint density at radius 2 is 1.59 bits per heavy atom. The molecule has 4 atom stereocenters. The van der Waals surface area contributed by atoms with Crippen molar-refractivity contribution in [2.45, 2.75) is 44.5 Å². The van der Waals surface area contributed by atoms with Gasteiger partial charge in [-0.05, 0) is 71.8 Å². The minimum Gasteiger partial charge on any atom is -0.392 e. The van der Waals surface area contributed by atoms with Crippen molar-refractivity contribution in [2.24, 2.45) is 0 Å². The minimum atomic E-state index is -0.616. The van der Waals surface area contributed by atoms with E-state index in [1.807, 2.05) is 66.7 Å². The summed E-state index contributed by atoms with van der Waals surface area (Å²) in [6.07, 6.45) is -0.229. The molecule has 0 radical (unpaired) electrons. The second-order valence-corrected chi connectivity index (χ2v) is 11.5. The first-order valence-electron chi connectivity index (χ1n) is 15.1. The largest absolute Gasteiger partial charge is 0.392 e. The van der Waals surface area contributed by atoms with Crippen LogP contribution in [0.15, 0.2) is 121 Å². The van der Waals surface area contributed by atoms with E-state index in [0.29, 0.717) is 24.2 Å². The van der Waals surface area contributed by atoms with Gasteiger partial charge < -0.3 is 19.9 Å². The first-order chi connectivity index (χ1) is 21.5. The van der Waals surface area contributed by atoms with Gasteiger partial charge in [0.15, 0.2) is 6.29 Å². The Hall–Kier alpha value is -4.33. The van der Waals surface area contributed by atoms with Crippen molar-refractivity contribution < 1.29 is 19.4 Å². The number of anilines is 1. The Labute approximate surface area is 258 Å². The monoisotopic (exact) mass is 586 g/mol. The van der Waals surface area contributed by atoms with Gasteiger partial charge in [0.05, 0.1) is 18.8 Å². The number of rotatable bonds is 9. The first kappa shape index (κ1) is 29.7. The number of nitrogens with one attached hydrogen (secondary N) is 1. The van der Waals surface area contributed by atoms with E-state index in [1.54, 1.807) is 12.1 Å². The van der Waals surface area contributed by atoms with Gasteiger partial charge in [0.25, 0.3) is 5.91 Å². The zero-order chi connectivity index (χ0) is 30.5.